The van der Waals surface area contributed by atoms with E-state index in [2.05, 4.69) is 22.9 Å². The van der Waals surface area contributed by atoms with Gasteiger partial charge in [-0.15, -0.1) is 0 Å². The van der Waals surface area contributed by atoms with E-state index >= 15 is 0 Å². The van der Waals surface area contributed by atoms with E-state index in [0.717, 1.165) is 49.8 Å². The summed E-state index contributed by atoms with van der Waals surface area (Å²) in [4.78, 5) is 15.0. The molecule has 1 N–H and O–H groups in total. The Kier molecular flexibility index (Phi) is 7.25. The number of carbonyl (C=O) groups excluding carboxylic acids is 1. The number of anilines is 1. The van der Waals surface area contributed by atoms with E-state index in [4.69, 9.17) is 0 Å². The van der Waals surface area contributed by atoms with E-state index in [1.54, 1.807) is 0 Å². The largest absolute Gasteiger partial charge is 0.327 e. The van der Waals surface area contributed by atoms with Crippen LogP contribution in [0.25, 0.3) is 0 Å². The summed E-state index contributed by atoms with van der Waals surface area (Å²) in [5.74, 6) is 0.760. The maximum Gasteiger partial charge on any atom is 0.239 e. The zero-order valence-corrected chi connectivity index (χ0v) is 19.2. The fraction of sp³-hybridized carbons (Fsp3) is 0.727. The van der Waals surface area contributed by atoms with Gasteiger partial charge in [0, 0.05) is 17.8 Å². The summed E-state index contributed by atoms with van der Waals surface area (Å²) in [7, 11) is -3.01. The Bertz CT molecular complexity index is 923. The quantitative estimate of drug-likeness (QED) is 0.677. The maximum atomic E-state index is 13.0. The summed E-state index contributed by atoms with van der Waals surface area (Å²) >= 11 is 0. The topological polar surface area (TPSA) is 95.2 Å². The zero-order valence-electron chi connectivity index (χ0n) is 18.4. The molecule has 2 aliphatic rings. The molecule has 1 amide bonds. The molecule has 1 unspecified atom stereocenters. The lowest BCUT2D eigenvalue weighted by atomic mass is 10.2. The first kappa shape index (κ1) is 22.8. The summed E-state index contributed by atoms with van der Waals surface area (Å²) in [6, 6.07) is 2.49. The molecule has 0 radical (unpaired) electrons. The van der Waals surface area contributed by atoms with Gasteiger partial charge in [0.2, 0.25) is 5.91 Å². The summed E-state index contributed by atoms with van der Waals surface area (Å²) in [6.45, 7) is 6.89. The average Bonchev–Trinajstić information content (AvgIpc) is 3.39. The zero-order chi connectivity index (χ0) is 21.9. The van der Waals surface area contributed by atoms with Crippen molar-refractivity contribution >= 4 is 21.6 Å². The molecule has 166 valence electrons. The minimum absolute atomic E-state index is 0.104. The lowest BCUT2D eigenvalue weighted by Crippen LogP contribution is -2.42. The standard InChI is InChI=1S/C22H34N4O3S/c1-4-5-11-25(19-10-12-30(28,29)15-19)14-21(27)24-22-20(13-23)16(2)17(3)26(22)18-8-6-7-9-18/h18-19H,4-12,14-15H2,1-3H3,(H,24,27). The fourth-order valence-corrected chi connectivity index (χ4v) is 6.64. The van der Waals surface area contributed by atoms with Crippen molar-refractivity contribution in [3.8, 4) is 6.07 Å². The number of hydrogen-bond acceptors (Lipinski definition) is 5. The molecule has 0 spiro atoms. The molecule has 1 saturated heterocycles. The number of unbranched alkanes of at least 4 members (excludes halogenated alkanes) is 1. The van der Waals surface area contributed by atoms with Crippen LogP contribution in [-0.2, 0) is 14.6 Å². The van der Waals surface area contributed by atoms with Crippen LogP contribution < -0.4 is 5.32 Å². The Morgan fingerprint density at radius 3 is 2.53 bits per heavy atom. The van der Waals surface area contributed by atoms with Gasteiger partial charge in [0.15, 0.2) is 9.84 Å². The molecule has 1 aromatic rings. The van der Waals surface area contributed by atoms with E-state index in [1.807, 2.05) is 18.7 Å². The molecule has 3 rings (SSSR count). The van der Waals surface area contributed by atoms with Gasteiger partial charge in [-0.2, -0.15) is 5.26 Å². The number of amides is 1. The number of hydrogen-bond donors (Lipinski definition) is 1. The third-order valence-electron chi connectivity index (χ3n) is 6.69. The van der Waals surface area contributed by atoms with Crippen molar-refractivity contribution in [3.63, 3.8) is 0 Å². The molecule has 7 nitrogen and oxygen atoms in total. The molecule has 8 heteroatoms. The summed E-state index contributed by atoms with van der Waals surface area (Å²) < 4.78 is 26.0. The molecule has 2 heterocycles. The van der Waals surface area contributed by atoms with E-state index < -0.39 is 9.84 Å². The van der Waals surface area contributed by atoms with Crippen LogP contribution in [0.1, 0.15) is 74.7 Å². The number of rotatable bonds is 8. The van der Waals surface area contributed by atoms with Crippen molar-refractivity contribution < 1.29 is 13.2 Å². The fourth-order valence-electron chi connectivity index (χ4n) is 4.88. The summed E-state index contributed by atoms with van der Waals surface area (Å²) in [6.07, 6.45) is 6.94. The Balaban J connectivity index is 1.80. The van der Waals surface area contributed by atoms with Crippen LogP contribution in [0.5, 0.6) is 0 Å². The van der Waals surface area contributed by atoms with Crippen molar-refractivity contribution in [3.05, 3.63) is 16.8 Å². The summed E-state index contributed by atoms with van der Waals surface area (Å²) in [5.41, 5.74) is 2.50. The highest BCUT2D eigenvalue weighted by Crippen LogP contribution is 2.37. The molecule has 2 fully saturated rings. The number of sulfone groups is 1. The number of aromatic nitrogens is 1. The van der Waals surface area contributed by atoms with Gasteiger partial charge >= 0.3 is 0 Å². The van der Waals surface area contributed by atoms with E-state index in [-0.39, 0.29) is 30.0 Å². The van der Waals surface area contributed by atoms with Crippen LogP contribution in [0, 0.1) is 25.2 Å². The van der Waals surface area contributed by atoms with Gasteiger partial charge in [0.05, 0.1) is 23.6 Å². The number of carbonyl (C=O) groups is 1. The van der Waals surface area contributed by atoms with Gasteiger partial charge in [-0.25, -0.2) is 8.42 Å². The molecule has 1 aromatic heterocycles. The molecule has 0 bridgehead atoms. The number of nitrogens with zero attached hydrogens (tertiary/aromatic N) is 3. The van der Waals surface area contributed by atoms with Gasteiger partial charge in [-0.05, 0) is 51.6 Å². The molecular formula is C22H34N4O3S. The van der Waals surface area contributed by atoms with E-state index in [0.29, 0.717) is 30.4 Å². The monoisotopic (exact) mass is 434 g/mol. The minimum Gasteiger partial charge on any atom is -0.327 e. The van der Waals surface area contributed by atoms with Gasteiger partial charge in [0.1, 0.15) is 11.9 Å². The highest BCUT2D eigenvalue weighted by Gasteiger charge is 2.33. The molecule has 1 saturated carbocycles. The van der Waals surface area contributed by atoms with Gasteiger partial charge < -0.3 is 9.88 Å². The highest BCUT2D eigenvalue weighted by atomic mass is 32.2. The first-order valence-electron chi connectivity index (χ1n) is 11.1. The first-order chi connectivity index (χ1) is 14.3. The second-order valence-electron chi connectivity index (χ2n) is 8.78. The van der Waals surface area contributed by atoms with Crippen LogP contribution in [0.4, 0.5) is 5.82 Å². The SMILES string of the molecule is CCCCN(CC(=O)Nc1c(C#N)c(C)c(C)n1C1CCCC1)C1CCS(=O)(=O)C1. The Morgan fingerprint density at radius 1 is 1.27 bits per heavy atom. The van der Waals surface area contributed by atoms with Crippen LogP contribution in [0.15, 0.2) is 0 Å². The second-order valence-corrected chi connectivity index (χ2v) is 11.0. The Hall–Kier alpha value is -1.85. The van der Waals surface area contributed by atoms with Crippen LogP contribution in [0.2, 0.25) is 0 Å². The predicted molar refractivity (Wildman–Crippen MR) is 118 cm³/mol. The average molecular weight is 435 g/mol. The van der Waals surface area contributed by atoms with E-state index in [1.165, 1.54) is 0 Å². The third kappa shape index (κ3) is 4.89. The Morgan fingerprint density at radius 2 is 1.97 bits per heavy atom. The van der Waals surface area contributed by atoms with Crippen molar-refractivity contribution in [2.24, 2.45) is 0 Å². The van der Waals surface area contributed by atoms with Crippen molar-refractivity contribution in [1.29, 1.82) is 5.26 Å². The van der Waals surface area contributed by atoms with Gasteiger partial charge in [-0.1, -0.05) is 26.2 Å². The molecule has 1 aliphatic heterocycles. The minimum atomic E-state index is -3.01. The summed E-state index contributed by atoms with van der Waals surface area (Å²) in [5, 5.41) is 12.8. The van der Waals surface area contributed by atoms with Crippen LogP contribution in [-0.4, -0.2) is 54.4 Å². The van der Waals surface area contributed by atoms with Crippen molar-refractivity contribution in [2.45, 2.75) is 77.8 Å². The smallest absolute Gasteiger partial charge is 0.239 e. The van der Waals surface area contributed by atoms with Crippen LogP contribution >= 0.6 is 0 Å². The third-order valence-corrected chi connectivity index (χ3v) is 8.44. The van der Waals surface area contributed by atoms with E-state index in [9.17, 15) is 18.5 Å². The molecule has 1 atom stereocenters. The molecule has 0 aromatic carbocycles. The van der Waals surface area contributed by atoms with Gasteiger partial charge in [-0.3, -0.25) is 9.69 Å². The maximum absolute atomic E-state index is 13.0. The van der Waals surface area contributed by atoms with Crippen LogP contribution in [0.3, 0.4) is 0 Å². The first-order valence-corrected chi connectivity index (χ1v) is 12.9. The molecule has 30 heavy (non-hydrogen) atoms. The lowest BCUT2D eigenvalue weighted by molar-refractivity contribution is -0.117. The van der Waals surface area contributed by atoms with Crippen molar-refractivity contribution in [1.82, 2.24) is 9.47 Å². The molecule has 1 aliphatic carbocycles. The van der Waals surface area contributed by atoms with Crippen molar-refractivity contribution in [2.75, 3.05) is 29.9 Å². The van der Waals surface area contributed by atoms with Gasteiger partial charge in [0.25, 0.3) is 0 Å². The predicted octanol–water partition coefficient (Wildman–Crippen LogP) is 3.32. The Labute approximate surface area is 180 Å². The second kappa shape index (κ2) is 9.52. The highest BCUT2D eigenvalue weighted by molar-refractivity contribution is 7.91. The normalized spacial score (nSPS) is 21.2. The number of nitriles is 1. The number of nitrogens with one attached hydrogen (secondary N) is 1. The molecular weight excluding hydrogens is 400 g/mol. The lowest BCUT2D eigenvalue weighted by Gasteiger charge is -2.27.